The fraction of sp³-hybridized carbons (Fsp3) is 0.267. The molecule has 0 saturated carbocycles. The first-order chi connectivity index (χ1) is 10.1. The third kappa shape index (κ3) is 2.29. The van der Waals surface area contributed by atoms with Crippen LogP contribution in [0.5, 0.6) is 0 Å². The zero-order valence-corrected chi connectivity index (χ0v) is 11.6. The summed E-state index contributed by atoms with van der Waals surface area (Å²) in [5.74, 6) is -1.03. The number of aryl methyl sites for hydroxylation is 2. The fourth-order valence-corrected chi connectivity index (χ4v) is 2.65. The number of nitrogens with zero attached hydrogens (tertiary/aromatic N) is 3. The van der Waals surface area contributed by atoms with Crippen molar-refractivity contribution in [2.75, 3.05) is 4.90 Å². The maximum atomic E-state index is 12.2. The van der Waals surface area contributed by atoms with Crippen LogP contribution in [0.15, 0.2) is 30.5 Å². The number of carbonyl (C=O) groups excluding carboxylic acids is 1. The zero-order valence-electron chi connectivity index (χ0n) is 11.6. The molecular formula is C15H15N3O3. The molecule has 0 aliphatic carbocycles. The maximum Gasteiger partial charge on any atom is 0.339 e. The number of anilines is 1. The lowest BCUT2D eigenvalue weighted by molar-refractivity contribution is -0.119. The number of para-hydroxylation sites is 1. The molecule has 21 heavy (non-hydrogen) atoms. The van der Waals surface area contributed by atoms with E-state index in [-0.39, 0.29) is 18.0 Å². The Morgan fingerprint density at radius 2 is 2.10 bits per heavy atom. The number of hydrogen-bond donors (Lipinski definition) is 1. The van der Waals surface area contributed by atoms with E-state index in [1.165, 1.54) is 10.9 Å². The molecule has 3 rings (SSSR count). The molecule has 6 nitrogen and oxygen atoms in total. The van der Waals surface area contributed by atoms with Gasteiger partial charge in [0.2, 0.25) is 5.91 Å². The zero-order chi connectivity index (χ0) is 15.0. The summed E-state index contributed by atoms with van der Waals surface area (Å²) in [5.41, 5.74) is 2.61. The SMILES string of the molecule is Cn1ncc(C(=O)O)c1CN1C(=O)CCc2ccccc21. The smallest absolute Gasteiger partial charge is 0.339 e. The molecule has 1 N–H and O–H groups in total. The Kier molecular flexibility index (Phi) is 3.21. The topological polar surface area (TPSA) is 75.4 Å². The number of carboxylic acid groups (broad SMARTS) is 1. The van der Waals surface area contributed by atoms with Crippen LogP contribution in [0.3, 0.4) is 0 Å². The van der Waals surface area contributed by atoms with Gasteiger partial charge >= 0.3 is 5.97 Å². The van der Waals surface area contributed by atoms with Crippen molar-refractivity contribution >= 4 is 17.6 Å². The number of aromatic carboxylic acids is 1. The van der Waals surface area contributed by atoms with Gasteiger partial charge < -0.3 is 10.0 Å². The highest BCUT2D eigenvalue weighted by Gasteiger charge is 2.26. The lowest BCUT2D eigenvalue weighted by Gasteiger charge is -2.29. The first-order valence-electron chi connectivity index (χ1n) is 6.70. The number of carboxylic acids is 1. The van der Waals surface area contributed by atoms with Gasteiger partial charge in [-0.1, -0.05) is 18.2 Å². The molecule has 1 aromatic heterocycles. The van der Waals surface area contributed by atoms with Crippen molar-refractivity contribution < 1.29 is 14.7 Å². The quantitative estimate of drug-likeness (QED) is 0.929. The molecule has 0 spiro atoms. The minimum absolute atomic E-state index is 0.00578. The normalized spacial score (nSPS) is 14.1. The lowest BCUT2D eigenvalue weighted by atomic mass is 10.0. The average molecular weight is 285 g/mol. The molecule has 2 aromatic rings. The van der Waals surface area contributed by atoms with Gasteiger partial charge in [0, 0.05) is 19.2 Å². The highest BCUT2D eigenvalue weighted by molar-refractivity contribution is 5.97. The molecule has 2 heterocycles. The minimum Gasteiger partial charge on any atom is -0.478 e. The van der Waals surface area contributed by atoms with E-state index < -0.39 is 5.97 Å². The van der Waals surface area contributed by atoms with E-state index in [1.54, 1.807) is 11.9 Å². The van der Waals surface area contributed by atoms with E-state index >= 15 is 0 Å². The minimum atomic E-state index is -1.03. The number of benzene rings is 1. The summed E-state index contributed by atoms with van der Waals surface area (Å²) in [7, 11) is 1.68. The number of aromatic nitrogens is 2. The molecule has 0 radical (unpaired) electrons. The molecule has 0 saturated heterocycles. The molecule has 0 bridgehead atoms. The van der Waals surface area contributed by atoms with E-state index in [0.29, 0.717) is 12.1 Å². The summed E-state index contributed by atoms with van der Waals surface area (Å²) in [6.07, 6.45) is 2.48. The fourth-order valence-electron chi connectivity index (χ4n) is 2.65. The number of rotatable bonds is 3. The second-order valence-electron chi connectivity index (χ2n) is 5.04. The van der Waals surface area contributed by atoms with Crippen molar-refractivity contribution in [2.24, 2.45) is 7.05 Å². The van der Waals surface area contributed by atoms with Gasteiger partial charge in [-0.2, -0.15) is 5.10 Å². The molecule has 0 atom stereocenters. The Hall–Kier alpha value is -2.63. The van der Waals surface area contributed by atoms with Crippen LogP contribution in [-0.2, 0) is 24.8 Å². The van der Waals surface area contributed by atoms with Crippen molar-refractivity contribution in [3.05, 3.63) is 47.3 Å². The first-order valence-corrected chi connectivity index (χ1v) is 6.70. The number of carbonyl (C=O) groups is 2. The second kappa shape index (κ2) is 5.05. The van der Waals surface area contributed by atoms with Crippen LogP contribution in [-0.4, -0.2) is 26.8 Å². The van der Waals surface area contributed by atoms with Gasteiger partial charge in [-0.05, 0) is 18.1 Å². The van der Waals surface area contributed by atoms with Crippen LogP contribution >= 0.6 is 0 Å². The molecule has 0 unspecified atom stereocenters. The van der Waals surface area contributed by atoms with Crippen molar-refractivity contribution in [3.8, 4) is 0 Å². The summed E-state index contributed by atoms with van der Waals surface area (Å²) >= 11 is 0. The van der Waals surface area contributed by atoms with Gasteiger partial charge in [0.15, 0.2) is 0 Å². The Bertz CT molecular complexity index is 721. The largest absolute Gasteiger partial charge is 0.478 e. The van der Waals surface area contributed by atoms with Gasteiger partial charge in [0.05, 0.1) is 18.4 Å². The van der Waals surface area contributed by atoms with Crippen molar-refractivity contribution in [3.63, 3.8) is 0 Å². The Balaban J connectivity index is 2.00. The van der Waals surface area contributed by atoms with Crippen molar-refractivity contribution in [2.45, 2.75) is 19.4 Å². The highest BCUT2D eigenvalue weighted by Crippen LogP contribution is 2.29. The third-order valence-corrected chi connectivity index (χ3v) is 3.79. The Morgan fingerprint density at radius 1 is 1.33 bits per heavy atom. The number of amides is 1. The molecular weight excluding hydrogens is 270 g/mol. The average Bonchev–Trinajstić information content (AvgIpc) is 2.83. The standard InChI is InChI=1S/C15H15N3O3/c1-17-13(11(8-16-17)15(20)21)9-18-12-5-3-2-4-10(12)6-7-14(18)19/h2-5,8H,6-7,9H2,1H3,(H,20,21). The molecule has 0 fully saturated rings. The van der Waals surface area contributed by atoms with Crippen LogP contribution in [0.1, 0.15) is 28.0 Å². The predicted molar refractivity (Wildman–Crippen MR) is 76.1 cm³/mol. The van der Waals surface area contributed by atoms with Gasteiger partial charge in [-0.25, -0.2) is 4.79 Å². The Morgan fingerprint density at radius 3 is 2.86 bits per heavy atom. The van der Waals surface area contributed by atoms with Crippen LogP contribution in [0.4, 0.5) is 5.69 Å². The van der Waals surface area contributed by atoms with E-state index in [9.17, 15) is 14.7 Å². The highest BCUT2D eigenvalue weighted by atomic mass is 16.4. The molecule has 1 aliphatic heterocycles. The van der Waals surface area contributed by atoms with E-state index in [0.717, 1.165) is 17.7 Å². The lowest BCUT2D eigenvalue weighted by Crippen LogP contribution is -2.35. The van der Waals surface area contributed by atoms with E-state index in [2.05, 4.69) is 5.10 Å². The monoisotopic (exact) mass is 285 g/mol. The summed E-state index contributed by atoms with van der Waals surface area (Å²) < 4.78 is 1.51. The third-order valence-electron chi connectivity index (χ3n) is 3.79. The van der Waals surface area contributed by atoms with Crippen LogP contribution in [0.25, 0.3) is 0 Å². The van der Waals surface area contributed by atoms with Gasteiger partial charge in [0.1, 0.15) is 5.56 Å². The first kappa shape index (κ1) is 13.4. The summed E-state index contributed by atoms with van der Waals surface area (Å²) in [5, 5.41) is 13.2. The predicted octanol–water partition coefficient (Wildman–Crippen LogP) is 1.60. The summed E-state index contributed by atoms with van der Waals surface area (Å²) in [4.78, 5) is 25.1. The van der Waals surface area contributed by atoms with Gasteiger partial charge in [0.25, 0.3) is 0 Å². The number of hydrogen-bond acceptors (Lipinski definition) is 3. The molecule has 108 valence electrons. The molecule has 1 amide bonds. The summed E-state index contributed by atoms with van der Waals surface area (Å²) in [6, 6.07) is 7.71. The molecule has 1 aromatic carbocycles. The van der Waals surface area contributed by atoms with Crippen LogP contribution in [0.2, 0.25) is 0 Å². The van der Waals surface area contributed by atoms with E-state index in [4.69, 9.17) is 0 Å². The van der Waals surface area contributed by atoms with Gasteiger partial charge in [-0.15, -0.1) is 0 Å². The van der Waals surface area contributed by atoms with Gasteiger partial charge in [-0.3, -0.25) is 9.48 Å². The van der Waals surface area contributed by atoms with Crippen LogP contribution in [0, 0.1) is 0 Å². The molecule has 6 heteroatoms. The Labute approximate surface area is 121 Å². The van der Waals surface area contributed by atoms with E-state index in [1.807, 2.05) is 24.3 Å². The van der Waals surface area contributed by atoms with Crippen molar-refractivity contribution in [1.29, 1.82) is 0 Å². The molecule has 1 aliphatic rings. The number of fused-ring (bicyclic) bond motifs is 1. The summed E-state index contributed by atoms with van der Waals surface area (Å²) in [6.45, 7) is 0.216. The van der Waals surface area contributed by atoms with Crippen LogP contribution < -0.4 is 4.90 Å². The second-order valence-corrected chi connectivity index (χ2v) is 5.04. The maximum absolute atomic E-state index is 12.2. The van der Waals surface area contributed by atoms with Crippen molar-refractivity contribution in [1.82, 2.24) is 9.78 Å².